The molecule has 6 heteroatoms. The monoisotopic (exact) mass is 333 g/mol. The maximum atomic E-state index is 12.9. The predicted octanol–water partition coefficient (Wildman–Crippen LogP) is 0.979. The van der Waals surface area contributed by atoms with Gasteiger partial charge in [0.15, 0.2) is 0 Å². The molecule has 0 radical (unpaired) electrons. The van der Waals surface area contributed by atoms with E-state index in [1.54, 1.807) is 0 Å². The van der Waals surface area contributed by atoms with Crippen LogP contribution in [0.4, 0.5) is 0 Å². The molecule has 1 atom stereocenters. The van der Waals surface area contributed by atoms with Crippen molar-refractivity contribution in [3.05, 3.63) is 24.0 Å². The van der Waals surface area contributed by atoms with Gasteiger partial charge in [0.05, 0.1) is 26.4 Å². The van der Waals surface area contributed by atoms with Crippen LogP contribution in [0.2, 0.25) is 0 Å². The van der Waals surface area contributed by atoms with Crippen LogP contribution in [0.3, 0.4) is 0 Å². The zero-order valence-electron chi connectivity index (χ0n) is 14.4. The first-order chi connectivity index (χ1) is 11.7. The van der Waals surface area contributed by atoms with E-state index >= 15 is 0 Å². The van der Waals surface area contributed by atoms with E-state index in [2.05, 4.69) is 4.90 Å². The number of amides is 1. The van der Waals surface area contributed by atoms with Crippen molar-refractivity contribution in [3.8, 4) is 0 Å². The Bertz CT molecular complexity index is 598. The van der Waals surface area contributed by atoms with E-state index in [-0.39, 0.29) is 11.5 Å². The number of hydrogen-bond acceptors (Lipinski definition) is 4. The van der Waals surface area contributed by atoms with Gasteiger partial charge in [-0.25, -0.2) is 0 Å². The number of aryl methyl sites for hydroxylation is 1. The van der Waals surface area contributed by atoms with Crippen LogP contribution in [0.25, 0.3) is 0 Å². The first-order valence-corrected chi connectivity index (χ1v) is 9.00. The average Bonchev–Trinajstić information content (AvgIpc) is 3.32. The highest BCUT2D eigenvalue weighted by Gasteiger charge is 2.42. The molecule has 4 rings (SSSR count). The Morgan fingerprint density at radius 1 is 1.29 bits per heavy atom. The predicted molar refractivity (Wildman–Crippen MR) is 90.0 cm³/mol. The van der Waals surface area contributed by atoms with E-state index < -0.39 is 0 Å². The third-order valence-corrected chi connectivity index (χ3v) is 5.34. The smallest absolute Gasteiger partial charge is 0.270 e. The molecule has 3 fully saturated rings. The van der Waals surface area contributed by atoms with Crippen LogP contribution in [-0.4, -0.2) is 78.4 Å². The molecule has 132 valence electrons. The van der Waals surface area contributed by atoms with E-state index in [1.807, 2.05) is 34.8 Å². The lowest BCUT2D eigenvalue weighted by molar-refractivity contribution is -0.133. The fraction of sp³-hybridized carbons (Fsp3) is 0.722. The SMILES string of the molecule is Cn1cccc1C(=O)N1CCO[C@@]2(COCCN(CC3CC3)C2)C1. The maximum absolute atomic E-state index is 12.9. The van der Waals surface area contributed by atoms with Crippen LogP contribution in [0.5, 0.6) is 0 Å². The molecular formula is C18H27N3O3. The third kappa shape index (κ3) is 3.36. The topological polar surface area (TPSA) is 46.9 Å². The Morgan fingerprint density at radius 2 is 2.17 bits per heavy atom. The summed E-state index contributed by atoms with van der Waals surface area (Å²) in [6, 6.07) is 3.79. The molecule has 0 bridgehead atoms. The number of rotatable bonds is 3. The fourth-order valence-corrected chi connectivity index (χ4v) is 3.85. The Morgan fingerprint density at radius 3 is 2.92 bits per heavy atom. The molecule has 3 aliphatic rings. The molecule has 1 aromatic heterocycles. The highest BCUT2D eigenvalue weighted by Crippen LogP contribution is 2.31. The summed E-state index contributed by atoms with van der Waals surface area (Å²) in [4.78, 5) is 17.3. The van der Waals surface area contributed by atoms with Crippen molar-refractivity contribution in [2.24, 2.45) is 13.0 Å². The first kappa shape index (κ1) is 16.1. The normalized spacial score (nSPS) is 29.0. The summed E-state index contributed by atoms with van der Waals surface area (Å²) in [5.41, 5.74) is 0.348. The quantitative estimate of drug-likeness (QED) is 0.827. The molecule has 2 saturated heterocycles. The number of carbonyl (C=O) groups excluding carboxylic acids is 1. The van der Waals surface area contributed by atoms with Gasteiger partial charge in [-0.2, -0.15) is 0 Å². The largest absolute Gasteiger partial charge is 0.377 e. The molecule has 0 unspecified atom stereocenters. The minimum atomic E-state index is -0.384. The van der Waals surface area contributed by atoms with Gasteiger partial charge in [0.2, 0.25) is 0 Å². The van der Waals surface area contributed by atoms with Crippen molar-refractivity contribution < 1.29 is 14.3 Å². The van der Waals surface area contributed by atoms with E-state index in [9.17, 15) is 4.79 Å². The summed E-state index contributed by atoms with van der Waals surface area (Å²) in [5, 5.41) is 0. The van der Waals surface area contributed by atoms with Crippen molar-refractivity contribution in [3.63, 3.8) is 0 Å². The number of morpholine rings is 1. The van der Waals surface area contributed by atoms with Gasteiger partial charge in [0.1, 0.15) is 11.3 Å². The van der Waals surface area contributed by atoms with Gasteiger partial charge in [-0.15, -0.1) is 0 Å². The minimum Gasteiger partial charge on any atom is -0.377 e. The number of aromatic nitrogens is 1. The number of nitrogens with zero attached hydrogens (tertiary/aromatic N) is 3. The highest BCUT2D eigenvalue weighted by atomic mass is 16.5. The maximum Gasteiger partial charge on any atom is 0.270 e. The minimum absolute atomic E-state index is 0.0863. The lowest BCUT2D eigenvalue weighted by Gasteiger charge is -2.43. The van der Waals surface area contributed by atoms with Crippen LogP contribution in [0.1, 0.15) is 23.3 Å². The Kier molecular flexibility index (Phi) is 4.37. The van der Waals surface area contributed by atoms with Gasteiger partial charge in [-0.1, -0.05) is 0 Å². The molecule has 3 heterocycles. The third-order valence-electron chi connectivity index (χ3n) is 5.34. The van der Waals surface area contributed by atoms with Crippen molar-refractivity contribution in [1.82, 2.24) is 14.4 Å². The van der Waals surface area contributed by atoms with Crippen LogP contribution in [0.15, 0.2) is 18.3 Å². The Balaban J connectivity index is 1.47. The molecule has 24 heavy (non-hydrogen) atoms. The summed E-state index contributed by atoms with van der Waals surface area (Å²) in [7, 11) is 1.91. The van der Waals surface area contributed by atoms with E-state index in [0.717, 1.165) is 37.9 Å². The average molecular weight is 333 g/mol. The molecule has 1 spiro atoms. The van der Waals surface area contributed by atoms with Crippen LogP contribution in [-0.2, 0) is 16.5 Å². The fourth-order valence-electron chi connectivity index (χ4n) is 3.85. The second-order valence-electron chi connectivity index (χ2n) is 7.49. The standard InChI is InChI=1S/C18H27N3O3/c1-19-6-2-3-16(19)17(22)21-8-10-24-18(13-21)12-20(7-9-23-14-18)11-15-4-5-15/h2-3,6,15H,4-5,7-14H2,1H3/t18-/m1/s1. The molecule has 0 N–H and O–H groups in total. The Labute approximate surface area is 143 Å². The lowest BCUT2D eigenvalue weighted by Crippen LogP contribution is -2.60. The van der Waals surface area contributed by atoms with Crippen molar-refractivity contribution in [2.75, 3.05) is 52.5 Å². The van der Waals surface area contributed by atoms with Gasteiger partial charge in [-0.3, -0.25) is 9.69 Å². The van der Waals surface area contributed by atoms with Gasteiger partial charge < -0.3 is 18.9 Å². The molecule has 1 aromatic rings. The zero-order chi connectivity index (χ0) is 16.6. The van der Waals surface area contributed by atoms with Gasteiger partial charge in [0, 0.05) is 39.4 Å². The number of hydrogen-bond donors (Lipinski definition) is 0. The molecule has 1 amide bonds. The van der Waals surface area contributed by atoms with Crippen LogP contribution >= 0.6 is 0 Å². The van der Waals surface area contributed by atoms with Crippen molar-refractivity contribution in [2.45, 2.75) is 18.4 Å². The first-order valence-electron chi connectivity index (χ1n) is 9.00. The summed E-state index contributed by atoms with van der Waals surface area (Å²) in [6.07, 6.45) is 4.61. The van der Waals surface area contributed by atoms with E-state index in [1.165, 1.54) is 12.8 Å². The van der Waals surface area contributed by atoms with Crippen molar-refractivity contribution in [1.29, 1.82) is 0 Å². The van der Waals surface area contributed by atoms with E-state index in [4.69, 9.17) is 9.47 Å². The summed E-state index contributed by atoms with van der Waals surface area (Å²) in [5.74, 6) is 0.938. The van der Waals surface area contributed by atoms with Crippen LogP contribution in [0, 0.1) is 5.92 Å². The summed E-state index contributed by atoms with van der Waals surface area (Å²) < 4.78 is 13.9. The second kappa shape index (κ2) is 6.50. The Hall–Kier alpha value is -1.37. The van der Waals surface area contributed by atoms with Gasteiger partial charge >= 0.3 is 0 Å². The molecule has 1 saturated carbocycles. The van der Waals surface area contributed by atoms with Gasteiger partial charge in [0.25, 0.3) is 5.91 Å². The molecule has 2 aliphatic heterocycles. The number of carbonyl (C=O) groups is 1. The zero-order valence-corrected chi connectivity index (χ0v) is 14.4. The molecule has 6 nitrogen and oxygen atoms in total. The van der Waals surface area contributed by atoms with Crippen LogP contribution < -0.4 is 0 Å². The molecular weight excluding hydrogens is 306 g/mol. The second-order valence-corrected chi connectivity index (χ2v) is 7.49. The van der Waals surface area contributed by atoms with Gasteiger partial charge in [-0.05, 0) is 30.9 Å². The number of ether oxygens (including phenoxy) is 2. The molecule has 0 aromatic carbocycles. The summed E-state index contributed by atoms with van der Waals surface area (Å²) >= 11 is 0. The van der Waals surface area contributed by atoms with Crippen molar-refractivity contribution >= 4 is 5.91 Å². The molecule has 1 aliphatic carbocycles. The van der Waals surface area contributed by atoms with E-state index in [0.29, 0.717) is 26.3 Å². The summed E-state index contributed by atoms with van der Waals surface area (Å²) in [6.45, 7) is 6.13. The highest BCUT2D eigenvalue weighted by molar-refractivity contribution is 5.92. The lowest BCUT2D eigenvalue weighted by atomic mass is 10.0.